The number of amides is 1. The van der Waals surface area contributed by atoms with Gasteiger partial charge < -0.3 is 14.6 Å². The second-order valence-corrected chi connectivity index (χ2v) is 5.96. The summed E-state index contributed by atoms with van der Waals surface area (Å²) in [5.41, 5.74) is 0.273. The lowest BCUT2D eigenvalue weighted by atomic mass is 10.3. The van der Waals surface area contributed by atoms with E-state index in [2.05, 4.69) is 9.97 Å². The lowest BCUT2D eigenvalue weighted by molar-refractivity contribution is -0.127. The molecule has 1 aromatic carbocycles. The maximum absolute atomic E-state index is 12.0. The van der Waals surface area contributed by atoms with Gasteiger partial charge >= 0.3 is 0 Å². The van der Waals surface area contributed by atoms with Crippen LogP contribution in [-0.2, 0) is 11.4 Å². The fourth-order valence-electron chi connectivity index (χ4n) is 2.10. The molecular formula is C17H21N3O3S. The van der Waals surface area contributed by atoms with Crippen LogP contribution in [0.2, 0.25) is 0 Å². The summed E-state index contributed by atoms with van der Waals surface area (Å²) in [5, 5.41) is 0.426. The van der Waals surface area contributed by atoms with Crippen LogP contribution >= 0.6 is 11.8 Å². The quantitative estimate of drug-likeness (QED) is 0.586. The Morgan fingerprint density at radius 3 is 2.62 bits per heavy atom. The van der Waals surface area contributed by atoms with Crippen molar-refractivity contribution in [1.29, 1.82) is 0 Å². The number of ether oxygens (including phenoxy) is 1. The van der Waals surface area contributed by atoms with Gasteiger partial charge in [0.1, 0.15) is 12.4 Å². The molecule has 2 aromatic rings. The van der Waals surface area contributed by atoms with Gasteiger partial charge in [-0.2, -0.15) is 0 Å². The highest BCUT2D eigenvalue weighted by Crippen LogP contribution is 2.14. The Kier molecular flexibility index (Phi) is 6.87. The molecule has 0 radical (unpaired) electrons. The number of thioether (sulfide) groups is 1. The third-order valence-electron chi connectivity index (χ3n) is 3.35. The first-order valence-electron chi connectivity index (χ1n) is 7.81. The van der Waals surface area contributed by atoms with E-state index < -0.39 is 0 Å². The summed E-state index contributed by atoms with van der Waals surface area (Å²) in [6, 6.07) is 10.7. The molecule has 0 saturated carbocycles. The van der Waals surface area contributed by atoms with Gasteiger partial charge in [0.2, 0.25) is 5.91 Å². The Morgan fingerprint density at radius 2 is 1.96 bits per heavy atom. The second-order valence-electron chi connectivity index (χ2n) is 5.00. The molecule has 128 valence electrons. The fourth-order valence-corrected chi connectivity index (χ4v) is 2.89. The summed E-state index contributed by atoms with van der Waals surface area (Å²) in [6.07, 6.45) is 0. The molecule has 1 amide bonds. The monoisotopic (exact) mass is 347 g/mol. The van der Waals surface area contributed by atoms with Crippen LogP contribution in [0.25, 0.3) is 0 Å². The first-order valence-corrected chi connectivity index (χ1v) is 8.79. The summed E-state index contributed by atoms with van der Waals surface area (Å²) in [4.78, 5) is 32.5. The van der Waals surface area contributed by atoms with E-state index in [1.807, 2.05) is 44.2 Å². The molecule has 0 spiro atoms. The highest BCUT2D eigenvalue weighted by atomic mass is 32.2. The molecule has 1 aromatic heterocycles. The van der Waals surface area contributed by atoms with E-state index in [1.54, 1.807) is 4.90 Å². The van der Waals surface area contributed by atoms with Crippen LogP contribution in [0.3, 0.4) is 0 Å². The lowest BCUT2D eigenvalue weighted by Crippen LogP contribution is -2.32. The fraction of sp³-hybridized carbons (Fsp3) is 0.353. The van der Waals surface area contributed by atoms with Crippen LogP contribution in [0.4, 0.5) is 0 Å². The third-order valence-corrected chi connectivity index (χ3v) is 4.21. The predicted octanol–water partition coefficient (Wildman–Crippen LogP) is 2.31. The van der Waals surface area contributed by atoms with Crippen LogP contribution in [0, 0.1) is 0 Å². The number of benzene rings is 1. The van der Waals surface area contributed by atoms with Crippen LogP contribution in [-0.4, -0.2) is 39.6 Å². The molecule has 0 bridgehead atoms. The Labute approximate surface area is 145 Å². The minimum Gasteiger partial charge on any atom is -0.487 e. The Hall–Kier alpha value is -2.28. The van der Waals surface area contributed by atoms with E-state index in [0.717, 1.165) is 0 Å². The van der Waals surface area contributed by atoms with Crippen LogP contribution in [0.5, 0.6) is 5.75 Å². The molecule has 0 aliphatic rings. The number of nitrogens with one attached hydrogen (secondary N) is 1. The number of H-pyrrole nitrogens is 1. The lowest BCUT2D eigenvalue weighted by Gasteiger charge is -2.17. The van der Waals surface area contributed by atoms with Crippen molar-refractivity contribution >= 4 is 17.7 Å². The number of nitrogens with zero attached hydrogens (tertiary/aromatic N) is 2. The second kappa shape index (κ2) is 9.12. The van der Waals surface area contributed by atoms with E-state index in [0.29, 0.717) is 29.7 Å². The Bertz CT molecular complexity index is 715. The molecule has 1 heterocycles. The number of aromatic amines is 1. The molecule has 24 heavy (non-hydrogen) atoms. The van der Waals surface area contributed by atoms with Crippen molar-refractivity contribution in [3.63, 3.8) is 0 Å². The molecule has 0 aliphatic heterocycles. The van der Waals surface area contributed by atoms with Gasteiger partial charge in [0, 0.05) is 19.2 Å². The normalized spacial score (nSPS) is 10.4. The summed E-state index contributed by atoms with van der Waals surface area (Å²) in [5.74, 6) is 0.984. The maximum Gasteiger partial charge on any atom is 0.251 e. The highest BCUT2D eigenvalue weighted by Gasteiger charge is 2.11. The average molecular weight is 347 g/mol. The zero-order chi connectivity index (χ0) is 17.4. The van der Waals surface area contributed by atoms with Crippen molar-refractivity contribution in [1.82, 2.24) is 14.9 Å². The maximum atomic E-state index is 12.0. The Morgan fingerprint density at radius 1 is 1.25 bits per heavy atom. The Balaban J connectivity index is 1.98. The molecule has 1 N–H and O–H groups in total. The summed E-state index contributed by atoms with van der Waals surface area (Å²) >= 11 is 1.22. The molecule has 0 aliphatic carbocycles. The number of carbonyl (C=O) groups excluding carboxylic acids is 1. The van der Waals surface area contributed by atoms with Crippen molar-refractivity contribution < 1.29 is 9.53 Å². The molecule has 2 rings (SSSR count). The van der Waals surface area contributed by atoms with Gasteiger partial charge in [-0.25, -0.2) is 4.98 Å². The molecule has 0 atom stereocenters. The van der Waals surface area contributed by atoms with E-state index in [4.69, 9.17) is 4.74 Å². The van der Waals surface area contributed by atoms with E-state index >= 15 is 0 Å². The zero-order valence-electron chi connectivity index (χ0n) is 13.8. The van der Waals surface area contributed by atoms with Gasteiger partial charge in [-0.3, -0.25) is 9.59 Å². The third kappa shape index (κ3) is 5.42. The molecule has 7 heteroatoms. The zero-order valence-corrected chi connectivity index (χ0v) is 14.6. The number of para-hydroxylation sites is 1. The van der Waals surface area contributed by atoms with Crippen molar-refractivity contribution in [2.45, 2.75) is 25.6 Å². The molecule has 0 fully saturated rings. The summed E-state index contributed by atoms with van der Waals surface area (Å²) in [7, 11) is 0. The van der Waals surface area contributed by atoms with Crippen molar-refractivity contribution in [3.05, 3.63) is 52.4 Å². The first kappa shape index (κ1) is 18.1. The van der Waals surface area contributed by atoms with Gasteiger partial charge in [0.05, 0.1) is 11.4 Å². The topological polar surface area (TPSA) is 75.3 Å². The number of rotatable bonds is 8. The summed E-state index contributed by atoms with van der Waals surface area (Å²) < 4.78 is 5.60. The average Bonchev–Trinajstić information content (AvgIpc) is 2.60. The molecule has 0 unspecified atom stereocenters. The van der Waals surface area contributed by atoms with Gasteiger partial charge in [-0.15, -0.1) is 0 Å². The number of carbonyl (C=O) groups is 1. The van der Waals surface area contributed by atoms with Crippen LogP contribution in [0.15, 0.2) is 46.3 Å². The van der Waals surface area contributed by atoms with E-state index in [9.17, 15) is 9.59 Å². The van der Waals surface area contributed by atoms with Gasteiger partial charge in [-0.1, -0.05) is 30.0 Å². The first-order chi connectivity index (χ1) is 11.6. The number of aromatic nitrogens is 2. The standard InChI is InChI=1S/C17H21N3O3S/c1-3-20(4-2)16(22)12-24-17-18-13(10-15(21)19-17)11-23-14-8-6-5-7-9-14/h5-10H,3-4,11-12H2,1-2H3,(H,18,19,21). The van der Waals surface area contributed by atoms with Crippen molar-refractivity contribution in [2.75, 3.05) is 18.8 Å². The van der Waals surface area contributed by atoms with E-state index in [-0.39, 0.29) is 23.8 Å². The van der Waals surface area contributed by atoms with Crippen molar-refractivity contribution in [3.8, 4) is 5.75 Å². The van der Waals surface area contributed by atoms with Crippen molar-refractivity contribution in [2.24, 2.45) is 0 Å². The minimum atomic E-state index is -0.255. The predicted molar refractivity (Wildman–Crippen MR) is 94.3 cm³/mol. The summed E-state index contributed by atoms with van der Waals surface area (Å²) in [6.45, 7) is 5.42. The van der Waals surface area contributed by atoms with Gasteiger partial charge in [0.15, 0.2) is 5.16 Å². The molecular weight excluding hydrogens is 326 g/mol. The van der Waals surface area contributed by atoms with Crippen LogP contribution in [0.1, 0.15) is 19.5 Å². The minimum absolute atomic E-state index is 0.0265. The largest absolute Gasteiger partial charge is 0.487 e. The van der Waals surface area contributed by atoms with Gasteiger partial charge in [0.25, 0.3) is 5.56 Å². The smallest absolute Gasteiger partial charge is 0.251 e. The SMILES string of the molecule is CCN(CC)C(=O)CSc1nc(COc2ccccc2)cc(=O)[nH]1. The number of hydrogen-bond donors (Lipinski definition) is 1. The van der Waals surface area contributed by atoms with Gasteiger partial charge in [-0.05, 0) is 26.0 Å². The van der Waals surface area contributed by atoms with E-state index in [1.165, 1.54) is 17.8 Å². The molecule has 6 nitrogen and oxygen atoms in total. The van der Waals surface area contributed by atoms with Crippen LogP contribution < -0.4 is 10.3 Å². The highest BCUT2D eigenvalue weighted by molar-refractivity contribution is 7.99. The number of hydrogen-bond acceptors (Lipinski definition) is 5. The molecule has 0 saturated heterocycles.